The molecule has 1 amide bonds. The highest BCUT2D eigenvalue weighted by Crippen LogP contribution is 2.31. The highest BCUT2D eigenvalue weighted by Gasteiger charge is 2.29. The van der Waals surface area contributed by atoms with Crippen molar-refractivity contribution in [2.75, 3.05) is 6.54 Å². The molecule has 1 heterocycles. The lowest BCUT2D eigenvalue weighted by atomic mass is 10.0. The summed E-state index contributed by atoms with van der Waals surface area (Å²) in [5.74, 6) is 0. The summed E-state index contributed by atoms with van der Waals surface area (Å²) < 4.78 is 6.56. The number of aromatic amines is 1. The van der Waals surface area contributed by atoms with Crippen molar-refractivity contribution in [2.45, 2.75) is 45.8 Å². The average molecular weight is 420 g/mol. The number of benzene rings is 1. The molecule has 0 saturated carbocycles. The number of amides is 1. The Bertz CT molecular complexity index is 764. The SMILES string of the molecule is C=CC(c1[nH]cnc1-c1cccc(Br)c1)N(CCC)C(=O)OC(C)(C)C. The van der Waals surface area contributed by atoms with E-state index in [9.17, 15) is 4.79 Å². The number of rotatable bonds is 6. The zero-order valence-corrected chi connectivity index (χ0v) is 17.3. The van der Waals surface area contributed by atoms with Crippen molar-refractivity contribution < 1.29 is 9.53 Å². The minimum absolute atomic E-state index is 0.360. The Hall–Kier alpha value is -2.08. The molecule has 26 heavy (non-hydrogen) atoms. The van der Waals surface area contributed by atoms with Crippen LogP contribution in [0.15, 0.2) is 47.7 Å². The maximum Gasteiger partial charge on any atom is 0.411 e. The van der Waals surface area contributed by atoms with Crippen LogP contribution in [0.25, 0.3) is 11.3 Å². The van der Waals surface area contributed by atoms with Gasteiger partial charge in [-0.05, 0) is 39.3 Å². The third-order valence-electron chi connectivity index (χ3n) is 3.71. The van der Waals surface area contributed by atoms with Crippen LogP contribution in [0.4, 0.5) is 4.79 Å². The molecule has 0 radical (unpaired) electrons. The number of imidazole rings is 1. The van der Waals surface area contributed by atoms with Gasteiger partial charge in [0.1, 0.15) is 5.60 Å². The Labute approximate surface area is 163 Å². The molecule has 0 saturated heterocycles. The predicted molar refractivity (Wildman–Crippen MR) is 108 cm³/mol. The fourth-order valence-corrected chi connectivity index (χ4v) is 3.10. The summed E-state index contributed by atoms with van der Waals surface area (Å²) in [6.07, 6.45) is 3.83. The van der Waals surface area contributed by atoms with Crippen LogP contribution in [0.3, 0.4) is 0 Å². The van der Waals surface area contributed by atoms with Crippen LogP contribution >= 0.6 is 15.9 Å². The van der Waals surface area contributed by atoms with Gasteiger partial charge in [0.2, 0.25) is 0 Å². The number of H-pyrrole nitrogens is 1. The van der Waals surface area contributed by atoms with Gasteiger partial charge in [0.25, 0.3) is 0 Å². The number of carbonyl (C=O) groups is 1. The first kappa shape index (κ1) is 20.2. The lowest BCUT2D eigenvalue weighted by Gasteiger charge is -2.31. The average Bonchev–Trinajstić information content (AvgIpc) is 3.02. The van der Waals surface area contributed by atoms with Crippen LogP contribution in [0.5, 0.6) is 0 Å². The number of carbonyl (C=O) groups excluding carboxylic acids is 1. The molecule has 0 bridgehead atoms. The molecule has 5 nitrogen and oxygen atoms in total. The summed E-state index contributed by atoms with van der Waals surface area (Å²) in [5, 5.41) is 0. The van der Waals surface area contributed by atoms with Gasteiger partial charge >= 0.3 is 6.09 Å². The molecule has 0 aliphatic heterocycles. The fraction of sp³-hybridized carbons (Fsp3) is 0.400. The summed E-state index contributed by atoms with van der Waals surface area (Å²) in [7, 11) is 0. The molecular formula is C20H26BrN3O2. The van der Waals surface area contributed by atoms with Gasteiger partial charge in [-0.1, -0.05) is 41.1 Å². The van der Waals surface area contributed by atoms with E-state index in [1.165, 1.54) is 0 Å². The third kappa shape index (κ3) is 4.97. The lowest BCUT2D eigenvalue weighted by molar-refractivity contribution is 0.0194. The molecule has 0 aliphatic carbocycles. The monoisotopic (exact) mass is 419 g/mol. The molecule has 6 heteroatoms. The van der Waals surface area contributed by atoms with Crippen molar-refractivity contribution in [3.8, 4) is 11.3 Å². The van der Waals surface area contributed by atoms with Gasteiger partial charge in [-0.15, -0.1) is 6.58 Å². The second kappa shape index (κ2) is 8.54. The van der Waals surface area contributed by atoms with Gasteiger partial charge in [-0.3, -0.25) is 4.90 Å². The molecule has 2 aromatic rings. The zero-order chi connectivity index (χ0) is 19.3. The van der Waals surface area contributed by atoms with Crippen molar-refractivity contribution in [1.82, 2.24) is 14.9 Å². The lowest BCUT2D eigenvalue weighted by Crippen LogP contribution is -2.39. The van der Waals surface area contributed by atoms with Crippen LogP contribution in [0.2, 0.25) is 0 Å². The molecule has 2 rings (SSSR count). The van der Waals surface area contributed by atoms with Gasteiger partial charge in [-0.2, -0.15) is 0 Å². The smallest absolute Gasteiger partial charge is 0.411 e. The van der Waals surface area contributed by atoms with E-state index in [0.29, 0.717) is 6.54 Å². The largest absolute Gasteiger partial charge is 0.444 e. The highest BCUT2D eigenvalue weighted by molar-refractivity contribution is 9.10. The van der Waals surface area contributed by atoms with Crippen LogP contribution in [0.1, 0.15) is 45.9 Å². The molecule has 1 aromatic carbocycles. The van der Waals surface area contributed by atoms with Gasteiger partial charge in [-0.25, -0.2) is 9.78 Å². The molecule has 0 fully saturated rings. The summed E-state index contributed by atoms with van der Waals surface area (Å²) in [4.78, 5) is 22.1. The van der Waals surface area contributed by atoms with Crippen molar-refractivity contribution in [1.29, 1.82) is 0 Å². The number of ether oxygens (including phenoxy) is 1. The summed E-state index contributed by atoms with van der Waals surface area (Å²) in [5.41, 5.74) is 2.01. The van der Waals surface area contributed by atoms with E-state index in [1.54, 1.807) is 17.3 Å². The second-order valence-corrected chi connectivity index (χ2v) is 7.95. The van der Waals surface area contributed by atoms with E-state index in [2.05, 4.69) is 32.5 Å². The fourth-order valence-electron chi connectivity index (χ4n) is 2.70. The number of nitrogens with one attached hydrogen (secondary N) is 1. The quantitative estimate of drug-likeness (QED) is 0.609. The van der Waals surface area contributed by atoms with E-state index < -0.39 is 5.60 Å². The van der Waals surface area contributed by atoms with Gasteiger partial charge in [0.15, 0.2) is 0 Å². The molecule has 1 atom stereocenters. The summed E-state index contributed by atoms with van der Waals surface area (Å²) >= 11 is 3.49. The number of aromatic nitrogens is 2. The van der Waals surface area contributed by atoms with E-state index in [4.69, 9.17) is 4.74 Å². The van der Waals surface area contributed by atoms with Crippen molar-refractivity contribution >= 4 is 22.0 Å². The molecule has 0 spiro atoms. The number of hydrogen-bond acceptors (Lipinski definition) is 3. The highest BCUT2D eigenvalue weighted by atomic mass is 79.9. The van der Waals surface area contributed by atoms with Gasteiger partial charge in [0.05, 0.1) is 23.8 Å². The summed E-state index contributed by atoms with van der Waals surface area (Å²) in [6, 6.07) is 7.55. The third-order valence-corrected chi connectivity index (χ3v) is 4.21. The Morgan fingerprint density at radius 1 is 1.46 bits per heavy atom. The van der Waals surface area contributed by atoms with E-state index in [1.807, 2.05) is 52.0 Å². The van der Waals surface area contributed by atoms with Crippen molar-refractivity contribution in [3.63, 3.8) is 0 Å². The van der Waals surface area contributed by atoms with E-state index >= 15 is 0 Å². The maximum absolute atomic E-state index is 12.8. The molecule has 0 aliphatic rings. The Morgan fingerprint density at radius 2 is 2.19 bits per heavy atom. The number of hydrogen-bond donors (Lipinski definition) is 1. The second-order valence-electron chi connectivity index (χ2n) is 7.03. The Balaban J connectivity index is 2.41. The zero-order valence-electron chi connectivity index (χ0n) is 15.8. The van der Waals surface area contributed by atoms with Crippen LogP contribution in [-0.2, 0) is 4.74 Å². The summed E-state index contributed by atoms with van der Waals surface area (Å²) in [6.45, 7) is 12.1. The molecule has 1 N–H and O–H groups in total. The van der Waals surface area contributed by atoms with Crippen LogP contribution in [-0.4, -0.2) is 33.1 Å². The van der Waals surface area contributed by atoms with Gasteiger partial charge < -0.3 is 9.72 Å². The van der Waals surface area contributed by atoms with E-state index in [-0.39, 0.29) is 12.1 Å². The first-order chi connectivity index (χ1) is 12.3. The minimum Gasteiger partial charge on any atom is -0.444 e. The topological polar surface area (TPSA) is 58.2 Å². The maximum atomic E-state index is 12.8. The molecular weight excluding hydrogens is 394 g/mol. The Kier molecular flexibility index (Phi) is 6.64. The molecule has 140 valence electrons. The van der Waals surface area contributed by atoms with Crippen LogP contribution < -0.4 is 0 Å². The van der Waals surface area contributed by atoms with Gasteiger partial charge in [0, 0.05) is 16.6 Å². The minimum atomic E-state index is -0.560. The van der Waals surface area contributed by atoms with Crippen molar-refractivity contribution in [2.24, 2.45) is 0 Å². The standard InChI is InChI=1S/C20H26BrN3O2/c1-6-11-24(19(25)26-20(3,4)5)16(7-2)18-17(22-13-23-18)14-9-8-10-15(21)12-14/h7-10,12-13,16H,2,6,11H2,1,3-5H3,(H,22,23). The molecule has 1 unspecified atom stereocenters. The molecule has 1 aromatic heterocycles. The first-order valence-corrected chi connectivity index (χ1v) is 9.47. The van der Waals surface area contributed by atoms with E-state index in [0.717, 1.165) is 27.8 Å². The van der Waals surface area contributed by atoms with Crippen molar-refractivity contribution in [3.05, 3.63) is 53.4 Å². The number of halogens is 1. The number of nitrogens with zero attached hydrogens (tertiary/aromatic N) is 2. The predicted octanol–water partition coefficient (Wildman–Crippen LogP) is 5.71. The normalized spacial score (nSPS) is 12.5. The first-order valence-electron chi connectivity index (χ1n) is 8.68. The Morgan fingerprint density at radius 3 is 2.77 bits per heavy atom. The van der Waals surface area contributed by atoms with Crippen LogP contribution in [0, 0.1) is 0 Å².